The van der Waals surface area contributed by atoms with E-state index in [1.165, 1.54) is 10.8 Å². The number of aromatic nitrogens is 2. The predicted octanol–water partition coefficient (Wildman–Crippen LogP) is 3.51. The molecule has 1 aromatic heterocycles. The predicted molar refractivity (Wildman–Crippen MR) is 96.7 cm³/mol. The summed E-state index contributed by atoms with van der Waals surface area (Å²) in [6.45, 7) is 3.76. The smallest absolute Gasteiger partial charge is 0.342 e. The average molecular weight is 357 g/mol. The first-order valence-corrected chi connectivity index (χ1v) is 8.83. The van der Waals surface area contributed by atoms with Crippen LogP contribution in [0.5, 0.6) is 5.75 Å². The van der Waals surface area contributed by atoms with Crippen LogP contribution < -0.4 is 4.74 Å². The van der Waals surface area contributed by atoms with E-state index >= 15 is 0 Å². The molecule has 138 valence electrons. The number of aryl methyl sites for hydroxylation is 1. The molecular weight excluding hydrogens is 334 g/mol. The van der Waals surface area contributed by atoms with Crippen molar-refractivity contribution in [3.63, 3.8) is 0 Å². The van der Waals surface area contributed by atoms with Gasteiger partial charge in [-0.2, -0.15) is 0 Å². The second-order valence-electron chi connectivity index (χ2n) is 6.78. The zero-order valence-corrected chi connectivity index (χ0v) is 15.3. The number of ketones is 1. The third-order valence-electron chi connectivity index (χ3n) is 5.10. The third-order valence-corrected chi connectivity index (χ3v) is 5.10. The maximum absolute atomic E-state index is 13.1. The van der Waals surface area contributed by atoms with Crippen molar-refractivity contribution in [3.8, 4) is 5.75 Å². The van der Waals surface area contributed by atoms with Gasteiger partial charge in [0.15, 0.2) is 11.6 Å². The first kappa shape index (κ1) is 18.1. The van der Waals surface area contributed by atoms with E-state index < -0.39 is 4.92 Å². The molecule has 0 spiro atoms. The maximum atomic E-state index is 13.1. The summed E-state index contributed by atoms with van der Waals surface area (Å²) in [7, 11) is 1.65. The molecule has 1 unspecified atom stereocenters. The summed E-state index contributed by atoms with van der Waals surface area (Å²) in [6, 6.07) is 3.69. The fourth-order valence-electron chi connectivity index (χ4n) is 3.71. The van der Waals surface area contributed by atoms with Crippen LogP contribution in [0.2, 0.25) is 0 Å². The summed E-state index contributed by atoms with van der Waals surface area (Å²) < 4.78 is 6.95. The van der Waals surface area contributed by atoms with Gasteiger partial charge in [0.05, 0.1) is 13.0 Å². The lowest BCUT2D eigenvalue weighted by Crippen LogP contribution is -2.22. The van der Waals surface area contributed by atoms with Crippen molar-refractivity contribution in [1.82, 2.24) is 9.55 Å². The Labute approximate surface area is 152 Å². The lowest BCUT2D eigenvalue weighted by atomic mass is 9.84. The van der Waals surface area contributed by atoms with Gasteiger partial charge in [-0.05, 0) is 53.9 Å². The number of nitro groups is 1. The fourth-order valence-corrected chi connectivity index (χ4v) is 3.71. The molecule has 1 heterocycles. The number of nitrogens with zero attached hydrogens (tertiary/aromatic N) is 3. The second-order valence-corrected chi connectivity index (χ2v) is 6.78. The second kappa shape index (κ2) is 7.27. The molecule has 3 rings (SSSR count). The zero-order valence-electron chi connectivity index (χ0n) is 15.3. The van der Waals surface area contributed by atoms with Gasteiger partial charge in [-0.1, -0.05) is 6.92 Å². The van der Waals surface area contributed by atoms with Crippen molar-refractivity contribution in [2.75, 3.05) is 7.11 Å². The highest BCUT2D eigenvalue weighted by Crippen LogP contribution is 2.33. The van der Waals surface area contributed by atoms with Crippen molar-refractivity contribution in [2.45, 2.75) is 46.1 Å². The summed E-state index contributed by atoms with van der Waals surface area (Å²) in [5, 5.41) is 11.2. The minimum Gasteiger partial charge on any atom is -0.496 e. The number of fused-ring (bicyclic) bond motifs is 1. The van der Waals surface area contributed by atoms with Crippen LogP contribution in [0.25, 0.3) is 0 Å². The molecule has 0 bridgehead atoms. The highest BCUT2D eigenvalue weighted by atomic mass is 16.6. The number of hydrogen-bond donors (Lipinski definition) is 0. The molecule has 26 heavy (non-hydrogen) atoms. The quantitative estimate of drug-likeness (QED) is 0.448. The van der Waals surface area contributed by atoms with E-state index in [0.717, 1.165) is 42.6 Å². The number of benzene rings is 1. The van der Waals surface area contributed by atoms with Crippen LogP contribution in [0, 0.1) is 23.0 Å². The van der Waals surface area contributed by atoms with Gasteiger partial charge in [-0.15, -0.1) is 0 Å². The zero-order chi connectivity index (χ0) is 18.8. The van der Waals surface area contributed by atoms with Crippen LogP contribution in [0.4, 0.5) is 5.82 Å². The highest BCUT2D eigenvalue weighted by molar-refractivity contribution is 5.99. The van der Waals surface area contributed by atoms with Crippen LogP contribution in [0.1, 0.15) is 47.1 Å². The molecule has 0 saturated carbocycles. The lowest BCUT2D eigenvalue weighted by molar-refractivity contribution is -0.392. The van der Waals surface area contributed by atoms with Gasteiger partial charge >= 0.3 is 5.82 Å². The summed E-state index contributed by atoms with van der Waals surface area (Å²) >= 11 is 0. The minimum atomic E-state index is -0.466. The fraction of sp³-hybridized carbons (Fsp3) is 0.474. The van der Waals surface area contributed by atoms with Gasteiger partial charge in [-0.3, -0.25) is 4.79 Å². The molecule has 0 aliphatic heterocycles. The average Bonchev–Trinajstić information content (AvgIpc) is 3.01. The topological polar surface area (TPSA) is 87.3 Å². The molecule has 1 aliphatic rings. The molecule has 7 heteroatoms. The SMILES string of the molecule is COc1ccc(C(=O)C(C)Cn2c([N+](=O)[O-])cnc2C)c2c1CCCC2. The Hall–Kier alpha value is -2.70. The number of methoxy groups -OCH3 is 1. The first-order valence-electron chi connectivity index (χ1n) is 8.83. The Morgan fingerprint density at radius 2 is 2.04 bits per heavy atom. The third kappa shape index (κ3) is 3.21. The monoisotopic (exact) mass is 357 g/mol. The Balaban J connectivity index is 1.90. The summed E-state index contributed by atoms with van der Waals surface area (Å²) in [5.74, 6) is 0.909. The summed E-state index contributed by atoms with van der Waals surface area (Å²) in [6.07, 6.45) is 5.17. The molecule has 0 fully saturated rings. The molecule has 0 radical (unpaired) electrons. The maximum Gasteiger partial charge on any atom is 0.342 e. The molecule has 0 amide bonds. The van der Waals surface area contributed by atoms with Crippen molar-refractivity contribution in [1.29, 1.82) is 0 Å². The molecule has 0 N–H and O–H groups in total. The van der Waals surface area contributed by atoms with Crippen LogP contribution in [0.3, 0.4) is 0 Å². The van der Waals surface area contributed by atoms with Gasteiger partial charge in [-0.25, -0.2) is 9.55 Å². The van der Waals surface area contributed by atoms with E-state index in [2.05, 4.69) is 4.98 Å². The largest absolute Gasteiger partial charge is 0.496 e. The normalized spacial score (nSPS) is 14.6. The molecule has 0 saturated heterocycles. The molecule has 1 atom stereocenters. The Bertz CT molecular complexity index is 857. The summed E-state index contributed by atoms with van der Waals surface area (Å²) in [5.41, 5.74) is 2.92. The standard InChI is InChI=1S/C19H23N3O4/c1-12(11-21-13(2)20-10-18(21)22(24)25)19(23)16-8-9-17(26-3)15-7-5-4-6-14(15)16/h8-10,12H,4-7,11H2,1-3H3. The van der Waals surface area contributed by atoms with E-state index in [4.69, 9.17) is 4.74 Å². The number of carbonyl (C=O) groups excluding carboxylic acids is 1. The van der Waals surface area contributed by atoms with Gasteiger partial charge in [0.2, 0.25) is 0 Å². The van der Waals surface area contributed by atoms with E-state index in [0.29, 0.717) is 11.4 Å². The van der Waals surface area contributed by atoms with E-state index in [-0.39, 0.29) is 24.1 Å². The summed E-state index contributed by atoms with van der Waals surface area (Å²) in [4.78, 5) is 27.8. The first-order chi connectivity index (χ1) is 12.4. The van der Waals surface area contributed by atoms with E-state index in [1.807, 2.05) is 19.1 Å². The highest BCUT2D eigenvalue weighted by Gasteiger charge is 2.27. The van der Waals surface area contributed by atoms with E-state index in [9.17, 15) is 14.9 Å². The van der Waals surface area contributed by atoms with Crippen molar-refractivity contribution < 1.29 is 14.5 Å². The van der Waals surface area contributed by atoms with Crippen molar-refractivity contribution >= 4 is 11.6 Å². The Kier molecular flexibility index (Phi) is 5.06. The number of imidazole rings is 1. The number of Topliss-reactive ketones (excluding diaryl/α,β-unsaturated/α-hetero) is 1. The van der Waals surface area contributed by atoms with Crippen LogP contribution in [0.15, 0.2) is 18.3 Å². The van der Waals surface area contributed by atoms with Crippen molar-refractivity contribution in [3.05, 3.63) is 51.0 Å². The van der Waals surface area contributed by atoms with E-state index in [1.54, 1.807) is 14.0 Å². The molecule has 7 nitrogen and oxygen atoms in total. The Morgan fingerprint density at radius 3 is 2.69 bits per heavy atom. The van der Waals surface area contributed by atoms with Gasteiger partial charge in [0, 0.05) is 12.5 Å². The molecule has 1 aliphatic carbocycles. The van der Waals surface area contributed by atoms with Crippen molar-refractivity contribution in [2.24, 2.45) is 5.92 Å². The Morgan fingerprint density at radius 1 is 1.35 bits per heavy atom. The van der Waals surface area contributed by atoms with Gasteiger partial charge < -0.3 is 14.9 Å². The molecular formula is C19H23N3O4. The number of carbonyl (C=O) groups is 1. The molecule has 2 aromatic rings. The van der Waals surface area contributed by atoms with Crippen LogP contribution in [-0.2, 0) is 19.4 Å². The van der Waals surface area contributed by atoms with Crippen LogP contribution in [-0.4, -0.2) is 27.4 Å². The van der Waals surface area contributed by atoms with Gasteiger partial charge in [0.1, 0.15) is 18.5 Å². The van der Waals surface area contributed by atoms with Crippen LogP contribution >= 0.6 is 0 Å². The van der Waals surface area contributed by atoms with Gasteiger partial charge in [0.25, 0.3) is 0 Å². The molecule has 1 aromatic carbocycles. The number of rotatable bonds is 6. The minimum absolute atomic E-state index is 0.00759. The number of hydrogen-bond acceptors (Lipinski definition) is 5. The lowest BCUT2D eigenvalue weighted by Gasteiger charge is -2.22. The number of ether oxygens (including phenoxy) is 1.